The number of carbonyl (C=O) groups excluding carboxylic acids is 2. The van der Waals surface area contributed by atoms with Gasteiger partial charge < -0.3 is 14.8 Å². The van der Waals surface area contributed by atoms with Gasteiger partial charge in [0.1, 0.15) is 11.6 Å². The van der Waals surface area contributed by atoms with E-state index < -0.39 is 11.9 Å². The summed E-state index contributed by atoms with van der Waals surface area (Å²) in [6.45, 7) is 3.74. The van der Waals surface area contributed by atoms with Crippen molar-refractivity contribution in [2.24, 2.45) is 0 Å². The summed E-state index contributed by atoms with van der Waals surface area (Å²) in [4.78, 5) is 24.1. The third-order valence-corrected chi connectivity index (χ3v) is 4.41. The molecule has 1 amide bonds. The molecule has 2 aromatic rings. The van der Waals surface area contributed by atoms with Crippen molar-refractivity contribution < 1.29 is 19.1 Å². The molecule has 0 saturated heterocycles. The summed E-state index contributed by atoms with van der Waals surface area (Å²) in [5.41, 5.74) is 1.04. The molecule has 0 radical (unpaired) electrons. The fraction of sp³-hybridized carbons (Fsp3) is 0.0870. The van der Waals surface area contributed by atoms with Crippen molar-refractivity contribution in [2.75, 3.05) is 13.7 Å². The lowest BCUT2D eigenvalue weighted by molar-refractivity contribution is -0.129. The zero-order valence-corrected chi connectivity index (χ0v) is 18.0. The van der Waals surface area contributed by atoms with E-state index >= 15 is 0 Å². The molecule has 6 nitrogen and oxygen atoms in total. The molecule has 2 rings (SSSR count). The van der Waals surface area contributed by atoms with Gasteiger partial charge in [-0.2, -0.15) is 5.26 Å². The normalized spacial score (nSPS) is 11.0. The highest BCUT2D eigenvalue weighted by atomic mass is 35.5. The zero-order chi connectivity index (χ0) is 22.8. The number of carbonyl (C=O) groups is 2. The van der Waals surface area contributed by atoms with Crippen molar-refractivity contribution in [3.05, 3.63) is 81.9 Å². The summed E-state index contributed by atoms with van der Waals surface area (Å²) in [7, 11) is 1.41. The van der Waals surface area contributed by atoms with Crippen molar-refractivity contribution in [3.8, 4) is 17.6 Å². The Kier molecular flexibility index (Phi) is 8.89. The van der Waals surface area contributed by atoms with Crippen LogP contribution in [0, 0.1) is 11.3 Å². The fourth-order valence-electron chi connectivity index (χ4n) is 2.37. The molecular weight excluding hydrogens is 439 g/mol. The second-order valence-electron chi connectivity index (χ2n) is 6.00. The SMILES string of the molecule is C=CCNC(=O)/C(C#N)=C/c1ccc(OC(=O)/C=C/c2ccc(Cl)cc2Cl)c(OC)c1. The summed E-state index contributed by atoms with van der Waals surface area (Å²) in [6.07, 6.45) is 5.63. The summed E-state index contributed by atoms with van der Waals surface area (Å²) in [5.74, 6) is -0.744. The number of methoxy groups -OCH3 is 1. The molecule has 158 valence electrons. The molecule has 0 fully saturated rings. The fourth-order valence-corrected chi connectivity index (χ4v) is 2.84. The van der Waals surface area contributed by atoms with Gasteiger partial charge >= 0.3 is 5.97 Å². The number of halogens is 2. The number of nitrogens with zero attached hydrogens (tertiary/aromatic N) is 1. The highest BCUT2D eigenvalue weighted by molar-refractivity contribution is 6.35. The summed E-state index contributed by atoms with van der Waals surface area (Å²) in [5, 5.41) is 12.6. The van der Waals surface area contributed by atoms with Gasteiger partial charge in [-0.05, 0) is 47.5 Å². The molecule has 0 aliphatic heterocycles. The Morgan fingerprint density at radius 1 is 1.19 bits per heavy atom. The van der Waals surface area contributed by atoms with Crippen molar-refractivity contribution in [1.29, 1.82) is 5.26 Å². The second kappa shape index (κ2) is 11.6. The molecule has 0 bridgehead atoms. The standard InChI is InChI=1S/C23H18Cl2N2O4/c1-3-10-27-23(29)17(14-26)11-15-4-8-20(21(12-15)30-2)31-22(28)9-6-16-5-7-18(24)13-19(16)25/h3-9,11-13H,1,10H2,2H3,(H,27,29)/b9-6+,17-11+. The molecule has 0 unspecified atom stereocenters. The predicted octanol–water partition coefficient (Wildman–Crippen LogP) is 4.83. The van der Waals surface area contributed by atoms with Gasteiger partial charge in [0.2, 0.25) is 0 Å². The third-order valence-electron chi connectivity index (χ3n) is 3.84. The number of ether oxygens (including phenoxy) is 2. The first-order valence-corrected chi connectivity index (χ1v) is 9.67. The van der Waals surface area contributed by atoms with E-state index in [-0.39, 0.29) is 23.6 Å². The van der Waals surface area contributed by atoms with Gasteiger partial charge in [-0.3, -0.25) is 4.79 Å². The molecule has 0 aliphatic rings. The Morgan fingerprint density at radius 2 is 1.97 bits per heavy atom. The van der Waals surface area contributed by atoms with E-state index in [1.165, 1.54) is 37.5 Å². The van der Waals surface area contributed by atoms with Crippen LogP contribution < -0.4 is 14.8 Å². The summed E-state index contributed by atoms with van der Waals surface area (Å²) >= 11 is 11.9. The van der Waals surface area contributed by atoms with Gasteiger partial charge in [0.15, 0.2) is 11.5 Å². The number of rotatable bonds is 8. The lowest BCUT2D eigenvalue weighted by atomic mass is 10.1. The van der Waals surface area contributed by atoms with Crippen LogP contribution in [-0.2, 0) is 9.59 Å². The van der Waals surface area contributed by atoms with Crippen LogP contribution >= 0.6 is 23.2 Å². The highest BCUT2D eigenvalue weighted by Crippen LogP contribution is 2.29. The van der Waals surface area contributed by atoms with E-state index in [2.05, 4.69) is 11.9 Å². The van der Waals surface area contributed by atoms with E-state index in [1.54, 1.807) is 30.3 Å². The van der Waals surface area contributed by atoms with Crippen LogP contribution in [0.25, 0.3) is 12.2 Å². The molecule has 0 aromatic heterocycles. The first-order valence-electron chi connectivity index (χ1n) is 8.91. The number of hydrogen-bond donors (Lipinski definition) is 1. The van der Waals surface area contributed by atoms with Crippen LogP contribution in [0.4, 0.5) is 0 Å². The van der Waals surface area contributed by atoms with Crippen LogP contribution in [0.5, 0.6) is 11.5 Å². The number of hydrogen-bond acceptors (Lipinski definition) is 5. The molecule has 0 saturated carbocycles. The Labute approximate surface area is 190 Å². The molecular formula is C23H18Cl2N2O4. The number of nitriles is 1. The first kappa shape index (κ1) is 23.7. The van der Waals surface area contributed by atoms with Crippen LogP contribution in [0.2, 0.25) is 10.0 Å². The maximum absolute atomic E-state index is 12.2. The number of amides is 1. The lowest BCUT2D eigenvalue weighted by Gasteiger charge is -2.09. The molecule has 0 aliphatic carbocycles. The van der Waals surface area contributed by atoms with Crippen molar-refractivity contribution in [2.45, 2.75) is 0 Å². The Morgan fingerprint density at radius 3 is 2.61 bits per heavy atom. The van der Waals surface area contributed by atoms with Crippen LogP contribution in [0.3, 0.4) is 0 Å². The van der Waals surface area contributed by atoms with Gasteiger partial charge in [-0.1, -0.05) is 41.4 Å². The molecule has 0 heterocycles. The van der Waals surface area contributed by atoms with Gasteiger partial charge in [0.25, 0.3) is 5.91 Å². The molecule has 8 heteroatoms. The minimum atomic E-state index is -0.644. The Balaban J connectivity index is 2.17. The molecule has 0 spiro atoms. The first-order chi connectivity index (χ1) is 14.9. The molecule has 0 atom stereocenters. The largest absolute Gasteiger partial charge is 0.493 e. The highest BCUT2D eigenvalue weighted by Gasteiger charge is 2.12. The minimum absolute atomic E-state index is 0.0866. The number of benzene rings is 2. The summed E-state index contributed by atoms with van der Waals surface area (Å²) in [6, 6.07) is 11.4. The van der Waals surface area contributed by atoms with Crippen LogP contribution in [0.1, 0.15) is 11.1 Å². The van der Waals surface area contributed by atoms with Crippen LogP contribution in [-0.4, -0.2) is 25.5 Å². The van der Waals surface area contributed by atoms with Crippen molar-refractivity contribution in [1.82, 2.24) is 5.32 Å². The lowest BCUT2D eigenvalue weighted by Crippen LogP contribution is -2.24. The molecule has 2 aromatic carbocycles. The maximum Gasteiger partial charge on any atom is 0.336 e. The predicted molar refractivity (Wildman–Crippen MR) is 121 cm³/mol. The molecule has 31 heavy (non-hydrogen) atoms. The third kappa shape index (κ3) is 7.03. The topological polar surface area (TPSA) is 88.4 Å². The van der Waals surface area contributed by atoms with E-state index in [1.807, 2.05) is 6.07 Å². The second-order valence-corrected chi connectivity index (χ2v) is 6.84. The van der Waals surface area contributed by atoms with E-state index in [0.29, 0.717) is 21.2 Å². The smallest absolute Gasteiger partial charge is 0.336 e. The maximum atomic E-state index is 12.2. The van der Waals surface area contributed by atoms with E-state index in [9.17, 15) is 14.9 Å². The van der Waals surface area contributed by atoms with E-state index in [0.717, 1.165) is 0 Å². The van der Waals surface area contributed by atoms with Gasteiger partial charge in [-0.25, -0.2) is 4.79 Å². The number of esters is 1. The Hall–Kier alpha value is -3.53. The Bertz CT molecular complexity index is 1100. The average Bonchev–Trinajstić information content (AvgIpc) is 2.75. The average molecular weight is 457 g/mol. The van der Waals surface area contributed by atoms with E-state index in [4.69, 9.17) is 32.7 Å². The quantitative estimate of drug-likeness (QED) is 0.202. The van der Waals surface area contributed by atoms with Gasteiger partial charge in [-0.15, -0.1) is 6.58 Å². The minimum Gasteiger partial charge on any atom is -0.493 e. The van der Waals surface area contributed by atoms with Gasteiger partial charge in [0.05, 0.1) is 7.11 Å². The molecule has 1 N–H and O–H groups in total. The van der Waals surface area contributed by atoms with Crippen molar-refractivity contribution in [3.63, 3.8) is 0 Å². The van der Waals surface area contributed by atoms with Crippen molar-refractivity contribution >= 4 is 47.2 Å². The monoisotopic (exact) mass is 456 g/mol. The zero-order valence-electron chi connectivity index (χ0n) is 16.5. The van der Waals surface area contributed by atoms with Crippen LogP contribution in [0.15, 0.2) is 60.7 Å². The number of nitrogens with one attached hydrogen (secondary N) is 1. The summed E-state index contributed by atoms with van der Waals surface area (Å²) < 4.78 is 10.6. The van der Waals surface area contributed by atoms with Gasteiger partial charge in [0, 0.05) is 22.7 Å².